The van der Waals surface area contributed by atoms with Crippen molar-refractivity contribution in [3.63, 3.8) is 0 Å². The van der Waals surface area contributed by atoms with Gasteiger partial charge in [-0.1, -0.05) is 29.8 Å². The summed E-state index contributed by atoms with van der Waals surface area (Å²) >= 11 is 1.34. The smallest absolute Gasteiger partial charge is 0.341 e. The van der Waals surface area contributed by atoms with Crippen LogP contribution in [0.15, 0.2) is 42.5 Å². The SMILES string of the molecule is COC(=O)c1c(NC(=O)c2ccc(OC)c(OC)c2)sc(C)c1-c1ccc(C)cc1. The second-order valence-corrected chi connectivity index (χ2v) is 7.84. The van der Waals surface area contributed by atoms with Crippen LogP contribution in [0.2, 0.25) is 0 Å². The van der Waals surface area contributed by atoms with Gasteiger partial charge < -0.3 is 19.5 Å². The van der Waals surface area contributed by atoms with E-state index in [9.17, 15) is 9.59 Å². The van der Waals surface area contributed by atoms with Gasteiger partial charge in [-0.2, -0.15) is 0 Å². The van der Waals surface area contributed by atoms with E-state index >= 15 is 0 Å². The third kappa shape index (κ3) is 4.16. The van der Waals surface area contributed by atoms with Gasteiger partial charge in [0.1, 0.15) is 10.6 Å². The molecule has 2 aromatic carbocycles. The summed E-state index contributed by atoms with van der Waals surface area (Å²) in [4.78, 5) is 26.4. The number of esters is 1. The van der Waals surface area contributed by atoms with E-state index in [-0.39, 0.29) is 5.91 Å². The van der Waals surface area contributed by atoms with E-state index in [1.807, 2.05) is 38.1 Å². The monoisotopic (exact) mass is 425 g/mol. The highest BCUT2D eigenvalue weighted by molar-refractivity contribution is 7.17. The van der Waals surface area contributed by atoms with Gasteiger partial charge in [0.05, 0.1) is 21.3 Å². The summed E-state index contributed by atoms with van der Waals surface area (Å²) in [5.41, 5.74) is 3.49. The minimum absolute atomic E-state index is 0.345. The molecule has 0 unspecified atom stereocenters. The van der Waals surface area contributed by atoms with Gasteiger partial charge in [0.2, 0.25) is 0 Å². The number of aryl methyl sites for hydroxylation is 2. The lowest BCUT2D eigenvalue weighted by molar-refractivity contribution is 0.0603. The molecule has 0 fully saturated rings. The van der Waals surface area contributed by atoms with E-state index in [4.69, 9.17) is 14.2 Å². The third-order valence-corrected chi connectivity index (χ3v) is 5.71. The normalized spacial score (nSPS) is 10.4. The minimum atomic E-state index is -0.502. The Labute approximate surface area is 179 Å². The van der Waals surface area contributed by atoms with Crippen LogP contribution in [0.1, 0.15) is 31.2 Å². The molecule has 0 bridgehead atoms. The Morgan fingerprint density at radius 1 is 0.900 bits per heavy atom. The summed E-state index contributed by atoms with van der Waals surface area (Å²) in [6.45, 7) is 3.92. The van der Waals surface area contributed by atoms with Gasteiger partial charge >= 0.3 is 5.97 Å². The topological polar surface area (TPSA) is 73.9 Å². The van der Waals surface area contributed by atoms with E-state index in [1.165, 1.54) is 32.7 Å². The quantitative estimate of drug-likeness (QED) is 0.557. The zero-order chi connectivity index (χ0) is 21.8. The molecule has 0 spiro atoms. The van der Waals surface area contributed by atoms with Crippen LogP contribution >= 0.6 is 11.3 Å². The molecule has 3 aromatic rings. The molecule has 1 aromatic heterocycles. The number of amides is 1. The molecule has 6 nitrogen and oxygen atoms in total. The number of rotatable bonds is 6. The van der Waals surface area contributed by atoms with Crippen LogP contribution in [0.4, 0.5) is 5.00 Å². The fraction of sp³-hybridized carbons (Fsp3) is 0.217. The highest BCUT2D eigenvalue weighted by Gasteiger charge is 2.25. The molecule has 30 heavy (non-hydrogen) atoms. The van der Waals surface area contributed by atoms with Crippen LogP contribution in [0.5, 0.6) is 11.5 Å². The minimum Gasteiger partial charge on any atom is -0.493 e. The van der Waals surface area contributed by atoms with Crippen LogP contribution < -0.4 is 14.8 Å². The van der Waals surface area contributed by atoms with Crippen molar-refractivity contribution in [1.82, 2.24) is 0 Å². The lowest BCUT2D eigenvalue weighted by atomic mass is 10.0. The maximum absolute atomic E-state index is 12.9. The molecule has 0 aliphatic carbocycles. The van der Waals surface area contributed by atoms with E-state index in [1.54, 1.807) is 18.2 Å². The standard InChI is InChI=1S/C23H23NO5S/c1-13-6-8-15(9-7-13)19-14(2)30-22(20(19)23(26)29-5)24-21(25)16-10-11-17(27-3)18(12-16)28-4/h6-12H,1-5H3,(H,24,25). The van der Waals surface area contributed by atoms with Crippen LogP contribution in [-0.4, -0.2) is 33.2 Å². The highest BCUT2D eigenvalue weighted by atomic mass is 32.1. The molecule has 3 rings (SSSR count). The summed E-state index contributed by atoms with van der Waals surface area (Å²) in [7, 11) is 4.36. The summed E-state index contributed by atoms with van der Waals surface area (Å²) in [5, 5.41) is 3.30. The Morgan fingerprint density at radius 3 is 2.17 bits per heavy atom. The molecular weight excluding hydrogens is 402 g/mol. The second kappa shape index (κ2) is 9.00. The number of nitrogens with one attached hydrogen (secondary N) is 1. The van der Waals surface area contributed by atoms with E-state index < -0.39 is 5.97 Å². The first kappa shape index (κ1) is 21.4. The Morgan fingerprint density at radius 2 is 1.57 bits per heavy atom. The lowest BCUT2D eigenvalue weighted by Crippen LogP contribution is -2.14. The molecule has 156 valence electrons. The van der Waals surface area contributed by atoms with Crippen molar-refractivity contribution in [2.75, 3.05) is 26.6 Å². The number of carbonyl (C=O) groups excluding carboxylic acids is 2. The fourth-order valence-electron chi connectivity index (χ4n) is 3.15. The van der Waals surface area contributed by atoms with Gasteiger partial charge in [-0.3, -0.25) is 4.79 Å². The number of carbonyl (C=O) groups is 2. The predicted octanol–water partition coefficient (Wildman–Crippen LogP) is 5.09. The molecule has 1 N–H and O–H groups in total. The summed E-state index contributed by atoms with van der Waals surface area (Å²) < 4.78 is 15.5. The number of hydrogen-bond acceptors (Lipinski definition) is 6. The van der Waals surface area contributed by atoms with E-state index in [0.717, 1.165) is 21.6 Å². The number of ether oxygens (including phenoxy) is 3. The van der Waals surface area contributed by atoms with Crippen molar-refractivity contribution in [2.45, 2.75) is 13.8 Å². The van der Waals surface area contributed by atoms with Crippen molar-refractivity contribution in [1.29, 1.82) is 0 Å². The van der Waals surface area contributed by atoms with Crippen molar-refractivity contribution in [3.8, 4) is 22.6 Å². The molecule has 0 aliphatic heterocycles. The highest BCUT2D eigenvalue weighted by Crippen LogP contribution is 2.40. The van der Waals surface area contributed by atoms with Crippen LogP contribution in [0.25, 0.3) is 11.1 Å². The van der Waals surface area contributed by atoms with Gasteiger partial charge in [-0.05, 0) is 37.6 Å². The number of anilines is 1. The number of hydrogen-bond donors (Lipinski definition) is 1. The number of methoxy groups -OCH3 is 3. The Balaban J connectivity index is 2.02. The lowest BCUT2D eigenvalue weighted by Gasteiger charge is -2.11. The van der Waals surface area contributed by atoms with Crippen LogP contribution in [-0.2, 0) is 4.74 Å². The van der Waals surface area contributed by atoms with Gasteiger partial charge in [-0.25, -0.2) is 4.79 Å². The molecule has 1 heterocycles. The summed E-state index contributed by atoms with van der Waals surface area (Å²) in [6, 6.07) is 12.8. The molecule has 0 saturated carbocycles. The van der Waals surface area contributed by atoms with Gasteiger partial charge in [-0.15, -0.1) is 11.3 Å². The Bertz CT molecular complexity index is 1090. The molecule has 7 heteroatoms. The molecule has 1 amide bonds. The second-order valence-electron chi connectivity index (χ2n) is 6.62. The number of benzene rings is 2. The molecular formula is C23H23NO5S. The zero-order valence-corrected chi connectivity index (χ0v) is 18.3. The van der Waals surface area contributed by atoms with Gasteiger partial charge in [0.25, 0.3) is 5.91 Å². The predicted molar refractivity (Wildman–Crippen MR) is 118 cm³/mol. The maximum Gasteiger partial charge on any atom is 0.341 e. The molecule has 0 atom stereocenters. The number of thiophene rings is 1. The Hall–Kier alpha value is -3.32. The van der Waals surface area contributed by atoms with E-state index in [2.05, 4.69) is 5.32 Å². The third-order valence-electron chi connectivity index (χ3n) is 4.69. The van der Waals surface area contributed by atoms with E-state index in [0.29, 0.717) is 27.6 Å². The molecule has 0 aliphatic rings. The molecule has 0 saturated heterocycles. The van der Waals surface area contributed by atoms with Gasteiger partial charge in [0.15, 0.2) is 11.5 Å². The largest absolute Gasteiger partial charge is 0.493 e. The average molecular weight is 426 g/mol. The van der Waals surface area contributed by atoms with Crippen molar-refractivity contribution < 1.29 is 23.8 Å². The fourth-order valence-corrected chi connectivity index (χ4v) is 4.21. The van der Waals surface area contributed by atoms with Crippen molar-refractivity contribution in [3.05, 3.63) is 64.0 Å². The summed E-state index contributed by atoms with van der Waals surface area (Å²) in [6.07, 6.45) is 0. The van der Waals surface area contributed by atoms with Crippen molar-refractivity contribution in [2.24, 2.45) is 0 Å². The average Bonchev–Trinajstić information content (AvgIpc) is 3.08. The van der Waals surface area contributed by atoms with Crippen LogP contribution in [0, 0.1) is 13.8 Å². The first-order valence-corrected chi connectivity index (χ1v) is 10.0. The van der Waals surface area contributed by atoms with Crippen molar-refractivity contribution >= 4 is 28.2 Å². The first-order valence-electron chi connectivity index (χ1n) is 9.21. The van der Waals surface area contributed by atoms with Crippen LogP contribution in [0.3, 0.4) is 0 Å². The van der Waals surface area contributed by atoms with Gasteiger partial charge in [0, 0.05) is 16.0 Å². The first-order chi connectivity index (χ1) is 14.4. The molecule has 0 radical (unpaired) electrons. The zero-order valence-electron chi connectivity index (χ0n) is 17.5. The Kier molecular flexibility index (Phi) is 6.42. The summed E-state index contributed by atoms with van der Waals surface area (Å²) in [5.74, 6) is 0.106. The maximum atomic E-state index is 12.9.